The number of amides is 1. The highest BCUT2D eigenvalue weighted by Gasteiger charge is 2.29. The quantitative estimate of drug-likeness (QED) is 0.907. The number of aromatic amines is 1. The fourth-order valence-corrected chi connectivity index (χ4v) is 2.63. The van der Waals surface area contributed by atoms with Crippen LogP contribution in [0.1, 0.15) is 46.6 Å². The number of carbonyl (C=O) groups excluding carboxylic acids is 1. The zero-order chi connectivity index (χ0) is 16.4. The molecule has 2 aromatic heterocycles. The van der Waals surface area contributed by atoms with Crippen LogP contribution < -0.4 is 0 Å². The highest BCUT2D eigenvalue weighted by Crippen LogP contribution is 2.21. The summed E-state index contributed by atoms with van der Waals surface area (Å²) in [5, 5.41) is 6.93. The van der Waals surface area contributed by atoms with Gasteiger partial charge in [0.1, 0.15) is 17.8 Å². The van der Waals surface area contributed by atoms with Crippen LogP contribution >= 0.6 is 0 Å². The molecule has 1 amide bonds. The predicted octanol–water partition coefficient (Wildman–Crippen LogP) is 0.988. The predicted molar refractivity (Wildman–Crippen MR) is 81.9 cm³/mol. The third-order valence-electron chi connectivity index (χ3n) is 3.81. The van der Waals surface area contributed by atoms with E-state index in [1.54, 1.807) is 11.1 Å². The molecule has 1 atom stereocenters. The monoisotopic (exact) mass is 316 g/mol. The van der Waals surface area contributed by atoms with Crippen molar-refractivity contribution < 1.29 is 9.53 Å². The minimum absolute atomic E-state index is 0.0672. The van der Waals surface area contributed by atoms with Crippen LogP contribution in [0.5, 0.6) is 0 Å². The van der Waals surface area contributed by atoms with Crippen LogP contribution in [0.2, 0.25) is 0 Å². The van der Waals surface area contributed by atoms with E-state index in [0.29, 0.717) is 43.3 Å². The number of nitrogens with zero attached hydrogens (tertiary/aromatic N) is 5. The summed E-state index contributed by atoms with van der Waals surface area (Å²) in [6.45, 7) is 7.06. The maximum absolute atomic E-state index is 12.8. The smallest absolute Gasteiger partial charge is 0.257 e. The minimum atomic E-state index is -0.311. The highest BCUT2D eigenvalue weighted by atomic mass is 16.5. The normalized spacial score (nSPS) is 18.2. The summed E-state index contributed by atoms with van der Waals surface area (Å²) in [7, 11) is 0. The molecule has 0 bridgehead atoms. The van der Waals surface area contributed by atoms with E-state index in [4.69, 9.17) is 4.74 Å². The van der Waals surface area contributed by atoms with E-state index in [1.807, 2.05) is 20.8 Å². The molecule has 1 saturated heterocycles. The molecule has 0 spiro atoms. The number of aromatic nitrogens is 5. The Hall–Kier alpha value is -2.35. The van der Waals surface area contributed by atoms with E-state index in [2.05, 4.69) is 25.1 Å². The van der Waals surface area contributed by atoms with Gasteiger partial charge in [-0.2, -0.15) is 5.10 Å². The molecule has 0 radical (unpaired) electrons. The van der Waals surface area contributed by atoms with Crippen molar-refractivity contribution in [3.8, 4) is 0 Å². The van der Waals surface area contributed by atoms with Crippen molar-refractivity contribution >= 4 is 5.91 Å². The lowest BCUT2D eigenvalue weighted by atomic mass is 10.1. The van der Waals surface area contributed by atoms with Crippen LogP contribution in [0.25, 0.3) is 0 Å². The van der Waals surface area contributed by atoms with Gasteiger partial charge >= 0.3 is 0 Å². The summed E-state index contributed by atoms with van der Waals surface area (Å²) >= 11 is 0. The molecule has 0 unspecified atom stereocenters. The van der Waals surface area contributed by atoms with Gasteiger partial charge in [0.2, 0.25) is 0 Å². The topological polar surface area (TPSA) is 96.9 Å². The lowest BCUT2D eigenvalue weighted by molar-refractivity contribution is -0.0267. The number of rotatable bonds is 3. The van der Waals surface area contributed by atoms with Crippen LogP contribution in [-0.4, -0.2) is 55.7 Å². The molecule has 0 aromatic carbocycles. The minimum Gasteiger partial charge on any atom is -0.366 e. The maximum Gasteiger partial charge on any atom is 0.257 e. The number of nitrogens with one attached hydrogen (secondary N) is 1. The van der Waals surface area contributed by atoms with Crippen molar-refractivity contribution in [1.29, 1.82) is 0 Å². The van der Waals surface area contributed by atoms with Crippen molar-refractivity contribution in [3.63, 3.8) is 0 Å². The molecule has 0 saturated carbocycles. The van der Waals surface area contributed by atoms with Crippen LogP contribution in [0, 0.1) is 13.8 Å². The second-order valence-electron chi connectivity index (χ2n) is 5.52. The van der Waals surface area contributed by atoms with Crippen LogP contribution in [0.15, 0.2) is 6.20 Å². The Labute approximate surface area is 134 Å². The first-order valence-electron chi connectivity index (χ1n) is 7.70. The molecule has 1 fully saturated rings. The SMILES string of the molecule is CCc1nc(C)ncc1C(=O)N1CCO[C@@H](c2n[nH]c(C)n2)C1. The molecule has 2 aromatic rings. The highest BCUT2D eigenvalue weighted by molar-refractivity contribution is 5.95. The summed E-state index contributed by atoms with van der Waals surface area (Å²) in [6, 6.07) is 0. The molecule has 1 aliphatic rings. The molecular weight excluding hydrogens is 296 g/mol. The van der Waals surface area contributed by atoms with Crippen molar-refractivity contribution in [2.75, 3.05) is 19.7 Å². The fraction of sp³-hybridized carbons (Fsp3) is 0.533. The van der Waals surface area contributed by atoms with Gasteiger partial charge in [-0.1, -0.05) is 6.92 Å². The van der Waals surface area contributed by atoms with Gasteiger partial charge in [-0.3, -0.25) is 9.89 Å². The zero-order valence-corrected chi connectivity index (χ0v) is 13.5. The summed E-state index contributed by atoms with van der Waals surface area (Å²) in [5.41, 5.74) is 1.34. The van der Waals surface area contributed by atoms with Gasteiger partial charge in [0.25, 0.3) is 5.91 Å². The van der Waals surface area contributed by atoms with Gasteiger partial charge in [-0.15, -0.1) is 0 Å². The first-order chi connectivity index (χ1) is 11.1. The van der Waals surface area contributed by atoms with E-state index in [9.17, 15) is 4.79 Å². The third kappa shape index (κ3) is 3.21. The largest absolute Gasteiger partial charge is 0.366 e. The average molecular weight is 316 g/mol. The van der Waals surface area contributed by atoms with E-state index >= 15 is 0 Å². The van der Waals surface area contributed by atoms with Gasteiger partial charge in [-0.05, 0) is 20.3 Å². The Morgan fingerprint density at radius 3 is 2.96 bits per heavy atom. The maximum atomic E-state index is 12.8. The van der Waals surface area contributed by atoms with E-state index in [-0.39, 0.29) is 12.0 Å². The number of ether oxygens (including phenoxy) is 1. The van der Waals surface area contributed by atoms with Gasteiger partial charge in [-0.25, -0.2) is 15.0 Å². The van der Waals surface area contributed by atoms with Gasteiger partial charge in [0, 0.05) is 12.7 Å². The molecule has 8 heteroatoms. The van der Waals surface area contributed by atoms with E-state index in [0.717, 1.165) is 11.5 Å². The summed E-state index contributed by atoms with van der Waals surface area (Å²) in [4.78, 5) is 27.4. The molecule has 1 aliphatic heterocycles. The fourth-order valence-electron chi connectivity index (χ4n) is 2.63. The van der Waals surface area contributed by atoms with Crippen LogP contribution in [0.4, 0.5) is 0 Å². The number of H-pyrrole nitrogens is 1. The second kappa shape index (κ2) is 6.41. The Bertz CT molecular complexity index is 714. The lowest BCUT2D eigenvalue weighted by Gasteiger charge is -2.31. The first kappa shape index (κ1) is 15.5. The standard InChI is InChI=1S/C15H20N6O2/c1-4-12-11(7-16-9(2)17-12)15(22)21-5-6-23-13(8-21)14-18-10(3)19-20-14/h7,13H,4-6,8H2,1-3H3,(H,18,19,20)/t13-/m1/s1. The Balaban J connectivity index is 1.79. The average Bonchev–Trinajstić information content (AvgIpc) is 3.01. The molecule has 1 N–H and O–H groups in total. The summed E-state index contributed by atoms with van der Waals surface area (Å²) in [6.07, 6.45) is 2.00. The zero-order valence-electron chi connectivity index (χ0n) is 13.5. The summed E-state index contributed by atoms with van der Waals surface area (Å²) in [5.74, 6) is 1.92. The van der Waals surface area contributed by atoms with Crippen LogP contribution in [-0.2, 0) is 11.2 Å². The van der Waals surface area contributed by atoms with E-state index in [1.165, 1.54) is 0 Å². The van der Waals surface area contributed by atoms with Gasteiger partial charge < -0.3 is 9.64 Å². The number of carbonyl (C=O) groups is 1. The van der Waals surface area contributed by atoms with Gasteiger partial charge in [0.05, 0.1) is 24.4 Å². The van der Waals surface area contributed by atoms with E-state index < -0.39 is 0 Å². The Morgan fingerprint density at radius 2 is 2.26 bits per heavy atom. The molecule has 3 rings (SSSR count). The Morgan fingerprint density at radius 1 is 1.43 bits per heavy atom. The number of hydrogen-bond donors (Lipinski definition) is 1. The van der Waals surface area contributed by atoms with Crippen molar-refractivity contribution in [2.24, 2.45) is 0 Å². The molecule has 0 aliphatic carbocycles. The van der Waals surface area contributed by atoms with Crippen LogP contribution in [0.3, 0.4) is 0 Å². The number of morpholine rings is 1. The first-order valence-corrected chi connectivity index (χ1v) is 7.70. The molecule has 3 heterocycles. The Kier molecular flexibility index (Phi) is 4.33. The number of hydrogen-bond acceptors (Lipinski definition) is 6. The second-order valence-corrected chi connectivity index (χ2v) is 5.52. The van der Waals surface area contributed by atoms with Crippen molar-refractivity contribution in [2.45, 2.75) is 33.3 Å². The molecule has 23 heavy (non-hydrogen) atoms. The van der Waals surface area contributed by atoms with Gasteiger partial charge in [0.15, 0.2) is 5.82 Å². The molecule has 122 valence electrons. The molecule has 8 nitrogen and oxygen atoms in total. The molecular formula is C15H20N6O2. The number of aryl methyl sites for hydroxylation is 3. The summed E-state index contributed by atoms with van der Waals surface area (Å²) < 4.78 is 5.70. The van der Waals surface area contributed by atoms with Crippen molar-refractivity contribution in [1.82, 2.24) is 30.0 Å². The third-order valence-corrected chi connectivity index (χ3v) is 3.81. The lowest BCUT2D eigenvalue weighted by Crippen LogP contribution is -2.43. The van der Waals surface area contributed by atoms with Crippen molar-refractivity contribution in [3.05, 3.63) is 34.9 Å².